The fourth-order valence-corrected chi connectivity index (χ4v) is 2.72. The molecule has 1 N–H and O–H groups in total. The summed E-state index contributed by atoms with van der Waals surface area (Å²) < 4.78 is 5.70. The van der Waals surface area contributed by atoms with Gasteiger partial charge in [0, 0.05) is 24.7 Å². The molecule has 1 amide bonds. The normalized spacial score (nSPS) is 15.7. The fraction of sp³-hybridized carbons (Fsp3) is 0.316. The Labute approximate surface area is 136 Å². The first-order valence-electron chi connectivity index (χ1n) is 7.91. The SMILES string of the molecule is Cc1ccc(C(O)COc2cccc(N3CCCC3=O)c2)cc1. The van der Waals surface area contributed by atoms with Crippen LogP contribution in [0, 0.1) is 6.92 Å². The first kappa shape index (κ1) is 15.6. The van der Waals surface area contributed by atoms with Crippen molar-refractivity contribution in [2.75, 3.05) is 18.1 Å². The molecule has 2 aromatic rings. The number of amides is 1. The summed E-state index contributed by atoms with van der Waals surface area (Å²) in [5.41, 5.74) is 2.85. The first-order chi connectivity index (χ1) is 11.1. The van der Waals surface area contributed by atoms with Crippen LogP contribution >= 0.6 is 0 Å². The summed E-state index contributed by atoms with van der Waals surface area (Å²) in [6, 6.07) is 15.2. The number of rotatable bonds is 5. The van der Waals surface area contributed by atoms with Crippen molar-refractivity contribution in [2.24, 2.45) is 0 Å². The molecule has 1 unspecified atom stereocenters. The van der Waals surface area contributed by atoms with Crippen LogP contribution in [0.1, 0.15) is 30.1 Å². The van der Waals surface area contributed by atoms with Crippen LogP contribution in [0.25, 0.3) is 0 Å². The summed E-state index contributed by atoms with van der Waals surface area (Å²) in [5.74, 6) is 0.815. The molecule has 1 aliphatic heterocycles. The zero-order valence-corrected chi connectivity index (χ0v) is 13.2. The lowest BCUT2D eigenvalue weighted by molar-refractivity contribution is -0.117. The zero-order valence-electron chi connectivity index (χ0n) is 13.2. The Balaban J connectivity index is 1.64. The molecule has 4 heteroatoms. The molecule has 0 bridgehead atoms. The van der Waals surface area contributed by atoms with E-state index in [1.807, 2.05) is 55.5 Å². The van der Waals surface area contributed by atoms with Gasteiger partial charge >= 0.3 is 0 Å². The van der Waals surface area contributed by atoms with Gasteiger partial charge in [-0.1, -0.05) is 35.9 Å². The second-order valence-electron chi connectivity index (χ2n) is 5.88. The van der Waals surface area contributed by atoms with E-state index in [4.69, 9.17) is 4.74 Å². The molecular formula is C19H21NO3. The number of hydrogen-bond acceptors (Lipinski definition) is 3. The number of aryl methyl sites for hydroxylation is 1. The van der Waals surface area contributed by atoms with Gasteiger partial charge in [0.25, 0.3) is 0 Å². The van der Waals surface area contributed by atoms with Gasteiger partial charge in [-0.15, -0.1) is 0 Å². The van der Waals surface area contributed by atoms with Crippen LogP contribution in [0.4, 0.5) is 5.69 Å². The van der Waals surface area contributed by atoms with E-state index in [1.54, 1.807) is 4.90 Å². The molecule has 0 radical (unpaired) electrons. The van der Waals surface area contributed by atoms with E-state index in [2.05, 4.69) is 0 Å². The summed E-state index contributed by atoms with van der Waals surface area (Å²) in [4.78, 5) is 13.6. The van der Waals surface area contributed by atoms with Gasteiger partial charge in [-0.2, -0.15) is 0 Å². The van der Waals surface area contributed by atoms with Gasteiger partial charge in [0.05, 0.1) is 0 Å². The van der Waals surface area contributed by atoms with Crippen molar-refractivity contribution in [1.29, 1.82) is 0 Å². The Hall–Kier alpha value is -2.33. The monoisotopic (exact) mass is 311 g/mol. The standard InChI is InChI=1S/C19H21NO3/c1-14-7-9-15(10-8-14)18(21)13-23-17-5-2-4-16(12-17)20-11-3-6-19(20)22/h2,4-5,7-10,12,18,21H,3,6,11,13H2,1H3. The lowest BCUT2D eigenvalue weighted by atomic mass is 10.1. The number of hydrogen-bond donors (Lipinski definition) is 1. The van der Waals surface area contributed by atoms with Gasteiger partial charge in [-0.3, -0.25) is 4.79 Å². The number of anilines is 1. The van der Waals surface area contributed by atoms with Crippen LogP contribution in [-0.2, 0) is 4.79 Å². The van der Waals surface area contributed by atoms with Crippen molar-refractivity contribution in [3.05, 3.63) is 59.7 Å². The van der Waals surface area contributed by atoms with Crippen molar-refractivity contribution in [3.63, 3.8) is 0 Å². The Morgan fingerprint density at radius 3 is 2.70 bits per heavy atom. The molecule has 120 valence electrons. The number of nitrogens with zero attached hydrogens (tertiary/aromatic N) is 1. The number of aliphatic hydroxyl groups is 1. The number of ether oxygens (including phenoxy) is 1. The minimum absolute atomic E-state index is 0.154. The van der Waals surface area contributed by atoms with Crippen LogP contribution in [0.3, 0.4) is 0 Å². The molecule has 1 aliphatic rings. The highest BCUT2D eigenvalue weighted by Gasteiger charge is 2.21. The molecule has 1 heterocycles. The van der Waals surface area contributed by atoms with Gasteiger partial charge in [0.15, 0.2) is 0 Å². The molecule has 0 saturated carbocycles. The topological polar surface area (TPSA) is 49.8 Å². The molecule has 1 atom stereocenters. The maximum Gasteiger partial charge on any atom is 0.227 e. The number of carbonyl (C=O) groups is 1. The van der Waals surface area contributed by atoms with E-state index in [9.17, 15) is 9.90 Å². The summed E-state index contributed by atoms with van der Waals surface area (Å²) in [5, 5.41) is 10.2. The third kappa shape index (κ3) is 3.71. The second kappa shape index (κ2) is 6.84. The zero-order chi connectivity index (χ0) is 16.2. The number of carbonyl (C=O) groups excluding carboxylic acids is 1. The van der Waals surface area contributed by atoms with Crippen molar-refractivity contribution in [2.45, 2.75) is 25.9 Å². The molecule has 2 aromatic carbocycles. The third-order valence-corrected chi connectivity index (χ3v) is 4.07. The van der Waals surface area contributed by atoms with Crippen LogP contribution in [0.2, 0.25) is 0 Å². The molecule has 4 nitrogen and oxygen atoms in total. The van der Waals surface area contributed by atoms with Crippen molar-refractivity contribution in [1.82, 2.24) is 0 Å². The van der Waals surface area contributed by atoms with Gasteiger partial charge in [0.1, 0.15) is 18.5 Å². The quantitative estimate of drug-likeness (QED) is 0.922. The minimum Gasteiger partial charge on any atom is -0.490 e. The average Bonchev–Trinajstić information content (AvgIpc) is 3.00. The molecule has 0 spiro atoms. The number of aliphatic hydroxyl groups excluding tert-OH is 1. The van der Waals surface area contributed by atoms with E-state index in [0.717, 1.165) is 29.8 Å². The van der Waals surface area contributed by atoms with Gasteiger partial charge in [0.2, 0.25) is 5.91 Å². The highest BCUT2D eigenvalue weighted by Crippen LogP contribution is 2.26. The van der Waals surface area contributed by atoms with E-state index in [0.29, 0.717) is 12.2 Å². The van der Waals surface area contributed by atoms with Crippen molar-refractivity contribution in [3.8, 4) is 5.75 Å². The lowest BCUT2D eigenvalue weighted by Gasteiger charge is -2.17. The lowest BCUT2D eigenvalue weighted by Crippen LogP contribution is -2.23. The largest absolute Gasteiger partial charge is 0.490 e. The molecule has 1 fully saturated rings. The van der Waals surface area contributed by atoms with Crippen LogP contribution in [0.5, 0.6) is 5.75 Å². The van der Waals surface area contributed by atoms with Crippen molar-refractivity contribution >= 4 is 11.6 Å². The fourth-order valence-electron chi connectivity index (χ4n) is 2.72. The Morgan fingerprint density at radius 2 is 2.00 bits per heavy atom. The molecule has 0 aromatic heterocycles. The van der Waals surface area contributed by atoms with Gasteiger partial charge in [-0.25, -0.2) is 0 Å². The van der Waals surface area contributed by atoms with Gasteiger partial charge in [-0.05, 0) is 31.0 Å². The molecule has 0 aliphatic carbocycles. The van der Waals surface area contributed by atoms with E-state index in [1.165, 1.54) is 0 Å². The highest BCUT2D eigenvalue weighted by molar-refractivity contribution is 5.95. The highest BCUT2D eigenvalue weighted by atomic mass is 16.5. The molecular weight excluding hydrogens is 290 g/mol. The summed E-state index contributed by atoms with van der Waals surface area (Å²) in [6.45, 7) is 2.95. The maximum atomic E-state index is 11.8. The Bertz CT molecular complexity index is 681. The Morgan fingerprint density at radius 1 is 1.22 bits per heavy atom. The smallest absolute Gasteiger partial charge is 0.227 e. The van der Waals surface area contributed by atoms with Crippen LogP contribution < -0.4 is 9.64 Å². The molecule has 23 heavy (non-hydrogen) atoms. The predicted octanol–water partition coefficient (Wildman–Crippen LogP) is 3.23. The molecule has 1 saturated heterocycles. The average molecular weight is 311 g/mol. The summed E-state index contributed by atoms with van der Waals surface area (Å²) in [7, 11) is 0. The third-order valence-electron chi connectivity index (χ3n) is 4.07. The predicted molar refractivity (Wildman–Crippen MR) is 89.7 cm³/mol. The number of benzene rings is 2. The molecule has 3 rings (SSSR count). The van der Waals surface area contributed by atoms with Crippen molar-refractivity contribution < 1.29 is 14.6 Å². The van der Waals surface area contributed by atoms with E-state index >= 15 is 0 Å². The van der Waals surface area contributed by atoms with E-state index < -0.39 is 6.10 Å². The maximum absolute atomic E-state index is 11.8. The second-order valence-corrected chi connectivity index (χ2v) is 5.88. The Kier molecular flexibility index (Phi) is 4.63. The minimum atomic E-state index is -0.673. The van der Waals surface area contributed by atoms with Crippen LogP contribution in [0.15, 0.2) is 48.5 Å². The van der Waals surface area contributed by atoms with E-state index in [-0.39, 0.29) is 12.5 Å². The summed E-state index contributed by atoms with van der Waals surface area (Å²) in [6.07, 6.45) is 0.834. The van der Waals surface area contributed by atoms with Crippen LogP contribution in [-0.4, -0.2) is 24.2 Å². The first-order valence-corrected chi connectivity index (χ1v) is 7.91. The van der Waals surface area contributed by atoms with Gasteiger partial charge < -0.3 is 14.7 Å². The summed E-state index contributed by atoms with van der Waals surface area (Å²) >= 11 is 0.